The summed E-state index contributed by atoms with van der Waals surface area (Å²) in [6.45, 7) is 6.14. The van der Waals surface area contributed by atoms with Crippen LogP contribution in [0.2, 0.25) is 0 Å². The maximum Gasteiger partial charge on any atom is 0.258 e. The molecule has 0 aliphatic carbocycles. The number of carbonyl (C=O) groups excluding carboxylic acids is 1. The Labute approximate surface area is 158 Å². The average molecular weight is 361 g/mol. The number of aromatic amines is 1. The molecule has 3 aromatic rings. The molecular formula is C22H23N3O2. The van der Waals surface area contributed by atoms with Gasteiger partial charge in [-0.15, -0.1) is 0 Å². The molecule has 0 bridgehead atoms. The van der Waals surface area contributed by atoms with Crippen molar-refractivity contribution in [3.05, 3.63) is 81.9 Å². The first kappa shape index (κ1) is 18.6. The number of carbonyl (C=O) groups is 1. The van der Waals surface area contributed by atoms with Crippen molar-refractivity contribution >= 4 is 22.9 Å². The van der Waals surface area contributed by atoms with E-state index in [2.05, 4.69) is 9.97 Å². The molecule has 1 N–H and O–H groups in total. The van der Waals surface area contributed by atoms with E-state index in [0.29, 0.717) is 16.7 Å². The maximum atomic E-state index is 12.7. The van der Waals surface area contributed by atoms with Crippen molar-refractivity contribution in [2.75, 3.05) is 0 Å². The maximum absolute atomic E-state index is 12.7. The van der Waals surface area contributed by atoms with Crippen LogP contribution < -0.4 is 5.56 Å². The van der Waals surface area contributed by atoms with Crippen LogP contribution >= 0.6 is 0 Å². The van der Waals surface area contributed by atoms with Gasteiger partial charge in [-0.3, -0.25) is 9.59 Å². The third-order valence-corrected chi connectivity index (χ3v) is 4.35. The number of aromatic nitrogens is 2. The van der Waals surface area contributed by atoms with E-state index in [1.54, 1.807) is 35.3 Å². The normalized spacial score (nSPS) is 11.4. The summed E-state index contributed by atoms with van der Waals surface area (Å²) < 4.78 is 0. The molecule has 0 aliphatic heterocycles. The van der Waals surface area contributed by atoms with E-state index in [1.807, 2.05) is 51.1 Å². The summed E-state index contributed by atoms with van der Waals surface area (Å²) in [6, 6.07) is 15.1. The van der Waals surface area contributed by atoms with Crippen LogP contribution in [0.3, 0.4) is 0 Å². The summed E-state index contributed by atoms with van der Waals surface area (Å²) in [6.07, 6.45) is 3.37. The third-order valence-electron chi connectivity index (χ3n) is 4.35. The Morgan fingerprint density at radius 3 is 2.70 bits per heavy atom. The first-order valence-electron chi connectivity index (χ1n) is 8.97. The van der Waals surface area contributed by atoms with E-state index >= 15 is 0 Å². The van der Waals surface area contributed by atoms with E-state index < -0.39 is 0 Å². The molecule has 0 saturated heterocycles. The number of para-hydroxylation sites is 1. The van der Waals surface area contributed by atoms with Gasteiger partial charge in [0.15, 0.2) is 0 Å². The van der Waals surface area contributed by atoms with E-state index in [0.717, 1.165) is 11.1 Å². The second-order valence-electron chi connectivity index (χ2n) is 6.84. The van der Waals surface area contributed by atoms with Gasteiger partial charge < -0.3 is 9.88 Å². The zero-order valence-electron chi connectivity index (χ0n) is 15.8. The number of H-pyrrole nitrogens is 1. The lowest BCUT2D eigenvalue weighted by Crippen LogP contribution is -2.36. The monoisotopic (exact) mass is 361 g/mol. The van der Waals surface area contributed by atoms with Crippen molar-refractivity contribution in [3.8, 4) is 0 Å². The Bertz CT molecular complexity index is 1050. The molecule has 5 heteroatoms. The van der Waals surface area contributed by atoms with Crippen molar-refractivity contribution in [3.63, 3.8) is 0 Å². The molecule has 0 saturated carbocycles. The summed E-state index contributed by atoms with van der Waals surface area (Å²) in [5.41, 5.74) is 2.55. The predicted octanol–water partition coefficient (Wildman–Crippen LogP) is 3.68. The minimum absolute atomic E-state index is 0.0311. The SMILES string of the molecule is Cc1cccc(/C=C/C(=O)N(Cc2nc3ccccc3c(=O)[nH]2)C(C)C)c1. The lowest BCUT2D eigenvalue weighted by atomic mass is 10.1. The van der Waals surface area contributed by atoms with Crippen LogP contribution in [-0.4, -0.2) is 26.8 Å². The van der Waals surface area contributed by atoms with Crippen LogP contribution in [0.1, 0.15) is 30.8 Å². The van der Waals surface area contributed by atoms with Gasteiger partial charge in [0.1, 0.15) is 5.82 Å². The first-order valence-corrected chi connectivity index (χ1v) is 8.97. The van der Waals surface area contributed by atoms with Gasteiger partial charge in [0.25, 0.3) is 5.56 Å². The number of rotatable bonds is 5. The molecule has 1 heterocycles. The van der Waals surface area contributed by atoms with E-state index in [9.17, 15) is 9.59 Å². The molecule has 0 spiro atoms. The predicted molar refractivity (Wildman–Crippen MR) is 108 cm³/mol. The van der Waals surface area contributed by atoms with Crippen molar-refractivity contribution in [2.45, 2.75) is 33.4 Å². The van der Waals surface area contributed by atoms with Gasteiger partial charge in [0, 0.05) is 12.1 Å². The van der Waals surface area contributed by atoms with E-state index in [4.69, 9.17) is 0 Å². The number of hydrogen-bond acceptors (Lipinski definition) is 3. The van der Waals surface area contributed by atoms with Gasteiger partial charge in [-0.2, -0.15) is 0 Å². The van der Waals surface area contributed by atoms with Crippen molar-refractivity contribution < 1.29 is 4.79 Å². The second kappa shape index (κ2) is 7.99. The number of hydrogen-bond donors (Lipinski definition) is 1. The lowest BCUT2D eigenvalue weighted by Gasteiger charge is -2.25. The number of nitrogens with one attached hydrogen (secondary N) is 1. The van der Waals surface area contributed by atoms with Crippen LogP contribution in [-0.2, 0) is 11.3 Å². The highest BCUT2D eigenvalue weighted by Gasteiger charge is 2.17. The highest BCUT2D eigenvalue weighted by atomic mass is 16.2. The number of fused-ring (bicyclic) bond motifs is 1. The molecular weight excluding hydrogens is 338 g/mol. The molecule has 0 atom stereocenters. The van der Waals surface area contributed by atoms with Crippen molar-refractivity contribution in [1.82, 2.24) is 14.9 Å². The van der Waals surface area contributed by atoms with Crippen LogP contribution in [0, 0.1) is 6.92 Å². The number of aryl methyl sites for hydroxylation is 1. The minimum atomic E-state index is -0.193. The Morgan fingerprint density at radius 1 is 1.19 bits per heavy atom. The van der Waals surface area contributed by atoms with Gasteiger partial charge >= 0.3 is 0 Å². The van der Waals surface area contributed by atoms with Crippen LogP contribution in [0.5, 0.6) is 0 Å². The van der Waals surface area contributed by atoms with Crippen molar-refractivity contribution in [2.24, 2.45) is 0 Å². The molecule has 1 aromatic heterocycles. The summed E-state index contributed by atoms with van der Waals surface area (Å²) in [5.74, 6) is 0.354. The summed E-state index contributed by atoms with van der Waals surface area (Å²) in [5, 5.41) is 0.544. The standard InChI is InChI=1S/C22H23N3O2/c1-15(2)25(21(26)12-11-17-8-6-7-16(3)13-17)14-20-23-19-10-5-4-9-18(19)22(27)24-20/h4-13,15H,14H2,1-3H3,(H,23,24,27)/b12-11+. The summed E-state index contributed by atoms with van der Waals surface area (Å²) >= 11 is 0. The summed E-state index contributed by atoms with van der Waals surface area (Å²) in [7, 11) is 0. The van der Waals surface area contributed by atoms with Crippen LogP contribution in [0.4, 0.5) is 0 Å². The largest absolute Gasteiger partial charge is 0.329 e. The fraction of sp³-hybridized carbons (Fsp3) is 0.227. The van der Waals surface area contributed by atoms with Crippen LogP contribution in [0.25, 0.3) is 17.0 Å². The molecule has 138 valence electrons. The van der Waals surface area contributed by atoms with Gasteiger partial charge in [-0.25, -0.2) is 4.98 Å². The molecule has 0 radical (unpaired) electrons. The number of nitrogens with zero attached hydrogens (tertiary/aromatic N) is 2. The zero-order chi connectivity index (χ0) is 19.4. The highest BCUT2D eigenvalue weighted by molar-refractivity contribution is 5.92. The third kappa shape index (κ3) is 4.50. The van der Waals surface area contributed by atoms with Crippen LogP contribution in [0.15, 0.2) is 59.4 Å². The van der Waals surface area contributed by atoms with E-state index in [-0.39, 0.29) is 24.1 Å². The fourth-order valence-electron chi connectivity index (χ4n) is 2.92. The van der Waals surface area contributed by atoms with E-state index in [1.165, 1.54) is 0 Å². The lowest BCUT2D eigenvalue weighted by molar-refractivity contribution is -0.128. The summed E-state index contributed by atoms with van der Waals surface area (Å²) in [4.78, 5) is 33.9. The average Bonchev–Trinajstić information content (AvgIpc) is 2.64. The van der Waals surface area contributed by atoms with Gasteiger partial charge in [-0.05, 0) is 44.5 Å². The highest BCUT2D eigenvalue weighted by Crippen LogP contribution is 2.11. The molecule has 1 amide bonds. The molecule has 5 nitrogen and oxygen atoms in total. The topological polar surface area (TPSA) is 66.1 Å². The number of benzene rings is 2. The first-order chi connectivity index (χ1) is 12.9. The molecule has 27 heavy (non-hydrogen) atoms. The molecule has 0 aliphatic rings. The Hall–Kier alpha value is -3.21. The molecule has 2 aromatic carbocycles. The van der Waals surface area contributed by atoms with Gasteiger partial charge in [-0.1, -0.05) is 42.0 Å². The number of amides is 1. The minimum Gasteiger partial charge on any atom is -0.329 e. The van der Waals surface area contributed by atoms with Gasteiger partial charge in [0.2, 0.25) is 5.91 Å². The van der Waals surface area contributed by atoms with Crippen molar-refractivity contribution in [1.29, 1.82) is 0 Å². The Balaban J connectivity index is 1.83. The fourth-order valence-corrected chi connectivity index (χ4v) is 2.92. The Morgan fingerprint density at radius 2 is 1.96 bits per heavy atom. The molecule has 3 rings (SSSR count). The van der Waals surface area contributed by atoms with Gasteiger partial charge in [0.05, 0.1) is 17.4 Å². The zero-order valence-corrected chi connectivity index (χ0v) is 15.8. The smallest absolute Gasteiger partial charge is 0.258 e. The molecule has 0 fully saturated rings. The Kier molecular flexibility index (Phi) is 5.50. The second-order valence-corrected chi connectivity index (χ2v) is 6.84. The quantitative estimate of drug-likeness (QED) is 0.705. The molecule has 0 unspecified atom stereocenters.